The highest BCUT2D eigenvalue weighted by Crippen LogP contribution is 2.33. The number of aryl methyl sites for hydroxylation is 1. The number of hydrogen-bond acceptors (Lipinski definition) is 8. The van der Waals surface area contributed by atoms with Gasteiger partial charge in [0, 0.05) is 36.3 Å². The molecule has 3 aromatic heterocycles. The monoisotopic (exact) mass is 370 g/mol. The van der Waals surface area contributed by atoms with E-state index in [1.54, 1.807) is 11.1 Å². The molecule has 1 aliphatic heterocycles. The van der Waals surface area contributed by atoms with E-state index in [9.17, 15) is 14.0 Å². The minimum Gasteiger partial charge on any atom is -0.770 e. The van der Waals surface area contributed by atoms with Crippen LogP contribution in [0.3, 0.4) is 0 Å². The summed E-state index contributed by atoms with van der Waals surface area (Å²) in [4.78, 5) is 13.7. The zero-order valence-corrected chi connectivity index (χ0v) is 14.9. The van der Waals surface area contributed by atoms with Crippen molar-refractivity contribution < 1.29 is 8.76 Å². The molecule has 26 heavy (non-hydrogen) atoms. The van der Waals surface area contributed by atoms with E-state index < -0.39 is 16.5 Å². The summed E-state index contributed by atoms with van der Waals surface area (Å²) in [7, 11) is 0. The quantitative estimate of drug-likeness (QED) is 0.678. The Morgan fingerprint density at radius 3 is 3.04 bits per heavy atom. The second-order valence-corrected chi connectivity index (χ2v) is 7.36. The van der Waals surface area contributed by atoms with Gasteiger partial charge in [-0.2, -0.15) is 5.26 Å². The van der Waals surface area contributed by atoms with Crippen LogP contribution < -0.4 is 0 Å². The van der Waals surface area contributed by atoms with Gasteiger partial charge in [-0.15, -0.1) is 10.2 Å². The minimum absolute atomic E-state index is 0.0367. The highest BCUT2D eigenvalue weighted by atomic mass is 32.2. The zero-order chi connectivity index (χ0) is 18.3. The van der Waals surface area contributed by atoms with Crippen molar-refractivity contribution in [1.82, 2.24) is 30.0 Å². The molecule has 0 spiro atoms. The maximum absolute atomic E-state index is 11.4. The molecule has 0 aliphatic carbocycles. The number of H-pyrrole nitrogens is 1. The van der Waals surface area contributed by atoms with E-state index in [0.717, 1.165) is 29.3 Å². The van der Waals surface area contributed by atoms with E-state index in [1.165, 1.54) is 0 Å². The Kier molecular flexibility index (Phi) is 4.36. The molecule has 1 aliphatic rings. The normalized spacial score (nSPS) is 20.9. The van der Waals surface area contributed by atoms with Gasteiger partial charge in [-0.1, -0.05) is 0 Å². The fourth-order valence-electron chi connectivity index (χ4n) is 3.66. The van der Waals surface area contributed by atoms with Gasteiger partial charge < -0.3 is 9.54 Å². The summed E-state index contributed by atoms with van der Waals surface area (Å²) in [5.41, 5.74) is 2.04. The largest absolute Gasteiger partial charge is 0.770 e. The number of fused-ring (bicyclic) bond motifs is 3. The maximum atomic E-state index is 11.4. The molecular weight excluding hydrogens is 354 g/mol. The molecule has 4 rings (SSSR count). The number of piperidine rings is 1. The molecule has 10 heteroatoms. The van der Waals surface area contributed by atoms with Gasteiger partial charge in [-0.25, -0.2) is 9.97 Å². The average Bonchev–Trinajstić information content (AvgIpc) is 3.10. The van der Waals surface area contributed by atoms with E-state index in [4.69, 9.17) is 0 Å². The lowest BCUT2D eigenvalue weighted by Gasteiger charge is -2.36. The summed E-state index contributed by atoms with van der Waals surface area (Å²) in [6.45, 7) is 2.90. The van der Waals surface area contributed by atoms with E-state index in [1.807, 2.05) is 19.1 Å². The van der Waals surface area contributed by atoms with Crippen LogP contribution >= 0.6 is 0 Å². The van der Waals surface area contributed by atoms with Crippen molar-refractivity contribution >= 4 is 33.1 Å². The standard InChI is InChI=1S/C16H17N7O2S/c1-9-19-14(10-3-2-6-23(8-10)12(7-17)26(24)25)13-11-4-5-18-15(11)21-22-16(13)20-9/h4-5,10,12H,2-3,6,8H2,1H3,(H,24,25)(H,19,20,22)/p-1. The first-order valence-electron chi connectivity index (χ1n) is 8.28. The first kappa shape index (κ1) is 17.0. The smallest absolute Gasteiger partial charge is 0.185 e. The molecule has 1 saturated heterocycles. The lowest BCUT2D eigenvalue weighted by atomic mass is 9.92. The van der Waals surface area contributed by atoms with Crippen LogP contribution in [-0.4, -0.2) is 57.3 Å². The molecule has 3 atom stereocenters. The highest BCUT2D eigenvalue weighted by Gasteiger charge is 2.29. The summed E-state index contributed by atoms with van der Waals surface area (Å²) < 4.78 is 22.7. The highest BCUT2D eigenvalue weighted by molar-refractivity contribution is 7.80. The summed E-state index contributed by atoms with van der Waals surface area (Å²) in [5, 5.41) is 18.1. The van der Waals surface area contributed by atoms with Crippen LogP contribution in [-0.2, 0) is 11.1 Å². The fourth-order valence-corrected chi connectivity index (χ4v) is 4.18. The molecule has 0 bridgehead atoms. The Morgan fingerprint density at radius 2 is 2.27 bits per heavy atom. The first-order valence-corrected chi connectivity index (χ1v) is 9.41. The van der Waals surface area contributed by atoms with Crippen molar-refractivity contribution in [2.24, 2.45) is 0 Å². The summed E-state index contributed by atoms with van der Waals surface area (Å²) in [5.74, 6) is 0.747. The van der Waals surface area contributed by atoms with E-state index >= 15 is 0 Å². The molecule has 9 nitrogen and oxygen atoms in total. The third kappa shape index (κ3) is 2.84. The van der Waals surface area contributed by atoms with Gasteiger partial charge in [-0.3, -0.25) is 9.11 Å². The lowest BCUT2D eigenvalue weighted by molar-refractivity contribution is 0.207. The van der Waals surface area contributed by atoms with Crippen LogP contribution in [0.4, 0.5) is 0 Å². The molecule has 0 aromatic carbocycles. The van der Waals surface area contributed by atoms with Gasteiger partial charge in [0.05, 0.1) is 11.5 Å². The van der Waals surface area contributed by atoms with E-state index in [-0.39, 0.29) is 5.92 Å². The Labute approximate surface area is 151 Å². The van der Waals surface area contributed by atoms with Crippen molar-refractivity contribution in [3.63, 3.8) is 0 Å². The van der Waals surface area contributed by atoms with Gasteiger partial charge in [0.25, 0.3) is 0 Å². The van der Waals surface area contributed by atoms with Gasteiger partial charge >= 0.3 is 0 Å². The molecule has 0 radical (unpaired) electrons. The molecule has 4 heterocycles. The number of nitrogens with zero attached hydrogens (tertiary/aromatic N) is 6. The van der Waals surface area contributed by atoms with Crippen LogP contribution in [0.25, 0.3) is 22.1 Å². The topological polar surface area (TPSA) is 135 Å². The summed E-state index contributed by atoms with van der Waals surface area (Å²) >= 11 is -2.46. The summed E-state index contributed by atoms with van der Waals surface area (Å²) in [6.07, 6.45) is 3.37. The zero-order valence-electron chi connectivity index (χ0n) is 14.0. The minimum atomic E-state index is -2.46. The Bertz CT molecular complexity index is 1040. The molecule has 0 amide bonds. The molecule has 1 fully saturated rings. The number of hydrogen-bond donors (Lipinski definition) is 1. The average molecular weight is 370 g/mol. The van der Waals surface area contributed by atoms with Crippen molar-refractivity contribution in [3.05, 3.63) is 23.8 Å². The fraction of sp³-hybridized carbons (Fsp3) is 0.438. The van der Waals surface area contributed by atoms with Gasteiger partial charge in [0.1, 0.15) is 5.82 Å². The summed E-state index contributed by atoms with van der Waals surface area (Å²) in [6, 6.07) is 3.76. The SMILES string of the molecule is Cc1nc2nnc3nccc3c2c(C2CCCN(C(C#N)S(=O)[O-])C2)[nH]1. The number of aromatic nitrogens is 5. The lowest BCUT2D eigenvalue weighted by Crippen LogP contribution is -2.43. The Hall–Kier alpha value is -2.48. The van der Waals surface area contributed by atoms with Gasteiger partial charge in [-0.05, 0) is 36.9 Å². The van der Waals surface area contributed by atoms with Crippen molar-refractivity contribution in [3.8, 4) is 6.07 Å². The Morgan fingerprint density at radius 1 is 1.46 bits per heavy atom. The number of rotatable bonds is 3. The Balaban J connectivity index is 1.82. The predicted molar refractivity (Wildman–Crippen MR) is 93.6 cm³/mol. The van der Waals surface area contributed by atoms with E-state index in [2.05, 4.69) is 25.1 Å². The number of aromatic amines is 1. The number of nitriles is 1. The third-order valence-corrected chi connectivity index (χ3v) is 5.52. The van der Waals surface area contributed by atoms with Crippen LogP contribution in [0.5, 0.6) is 0 Å². The third-order valence-electron chi connectivity index (χ3n) is 4.76. The van der Waals surface area contributed by atoms with Gasteiger partial charge in [0.2, 0.25) is 0 Å². The van der Waals surface area contributed by atoms with Gasteiger partial charge in [0.15, 0.2) is 16.7 Å². The van der Waals surface area contributed by atoms with Crippen LogP contribution in [0.2, 0.25) is 0 Å². The van der Waals surface area contributed by atoms with Crippen molar-refractivity contribution in [2.45, 2.75) is 31.1 Å². The molecular formula is C16H16N7O2S-. The molecule has 3 unspecified atom stereocenters. The van der Waals surface area contributed by atoms with Crippen molar-refractivity contribution in [1.29, 1.82) is 5.26 Å². The van der Waals surface area contributed by atoms with Crippen LogP contribution in [0.1, 0.15) is 30.3 Å². The number of nitrogens with one attached hydrogen (secondary N) is 1. The second-order valence-electron chi connectivity index (χ2n) is 6.39. The molecule has 0 saturated carbocycles. The first-order chi connectivity index (χ1) is 12.6. The number of likely N-dealkylation sites (tertiary alicyclic amines) is 1. The maximum Gasteiger partial charge on any atom is 0.185 e. The van der Waals surface area contributed by atoms with Crippen molar-refractivity contribution in [2.75, 3.05) is 13.1 Å². The molecule has 1 N–H and O–H groups in total. The second kappa shape index (κ2) is 6.68. The van der Waals surface area contributed by atoms with Crippen LogP contribution in [0, 0.1) is 18.3 Å². The predicted octanol–water partition coefficient (Wildman–Crippen LogP) is 1.12. The van der Waals surface area contributed by atoms with E-state index in [0.29, 0.717) is 30.2 Å². The molecule has 134 valence electrons. The van der Waals surface area contributed by atoms with Crippen LogP contribution in [0.15, 0.2) is 12.3 Å². The molecule has 3 aromatic rings.